The number of hydrogen-bond acceptors (Lipinski definition) is 0. The van der Waals surface area contributed by atoms with Crippen LogP contribution in [0.5, 0.6) is 0 Å². The van der Waals surface area contributed by atoms with Gasteiger partial charge in [0, 0.05) is 0 Å². The molecule has 0 unspecified atom stereocenters. The number of halogens is 1. The van der Waals surface area contributed by atoms with Gasteiger partial charge in [-0.1, -0.05) is 0 Å². The fourth-order valence-corrected chi connectivity index (χ4v) is 6.45. The Morgan fingerprint density at radius 3 is 1.39 bits per heavy atom. The molecule has 0 aromatic rings. The van der Waals surface area contributed by atoms with Gasteiger partial charge in [0.1, 0.15) is 0 Å². The first-order chi connectivity index (χ1) is 8.54. The third-order valence-corrected chi connectivity index (χ3v) is 13.8. The summed E-state index contributed by atoms with van der Waals surface area (Å²) < 4.78 is 0. The van der Waals surface area contributed by atoms with Crippen LogP contribution in [0.3, 0.4) is 0 Å². The Labute approximate surface area is 121 Å². The zero-order valence-corrected chi connectivity index (χ0v) is 15.0. The van der Waals surface area contributed by atoms with Gasteiger partial charge in [-0.15, -0.1) is 0 Å². The van der Waals surface area contributed by atoms with Crippen LogP contribution in [0.25, 0.3) is 0 Å². The molecule has 0 aromatic heterocycles. The molecule has 0 N–H and O–H groups in total. The summed E-state index contributed by atoms with van der Waals surface area (Å²) in [6.45, 7) is 9.21. The predicted octanol–water partition coefficient (Wildman–Crippen LogP) is 6.89. The molecule has 0 fully saturated rings. The third-order valence-electron chi connectivity index (χ3n) is 4.94. The molecule has 0 saturated heterocycles. The van der Waals surface area contributed by atoms with E-state index in [-0.39, 0.29) is 0 Å². The van der Waals surface area contributed by atoms with Gasteiger partial charge in [0.05, 0.1) is 0 Å². The summed E-state index contributed by atoms with van der Waals surface area (Å²) in [7, 11) is 0. The van der Waals surface area contributed by atoms with Crippen molar-refractivity contribution in [2.75, 3.05) is 24.6 Å². The third kappa shape index (κ3) is 6.76. The second kappa shape index (κ2) is 9.60. The van der Waals surface area contributed by atoms with Crippen LogP contribution in [-0.2, 0) is 0 Å². The van der Waals surface area contributed by atoms with Crippen LogP contribution in [0, 0.1) is 0 Å². The molecule has 0 heterocycles. The first-order valence-corrected chi connectivity index (χ1v) is 12.1. The maximum atomic E-state index is 7.06. The van der Waals surface area contributed by atoms with Crippen LogP contribution >= 0.6 is 17.2 Å². The normalized spacial score (nSPS) is 14.4. The molecule has 0 aliphatic rings. The Kier molecular flexibility index (Phi) is 9.98. The van der Waals surface area contributed by atoms with Gasteiger partial charge in [-0.25, -0.2) is 0 Å². The molecule has 18 heavy (non-hydrogen) atoms. The standard InChI is InChI=1S/C16H36ClP/c1-5-9-10-11-12-13-14-15-16-18(17,6-2,7-3)8-4/h5-16H2,1-4H3. The molecule has 0 aliphatic carbocycles. The molecule has 0 amide bonds. The van der Waals surface area contributed by atoms with E-state index in [4.69, 9.17) is 11.2 Å². The van der Waals surface area contributed by atoms with Crippen molar-refractivity contribution >= 4 is 17.2 Å². The van der Waals surface area contributed by atoms with Crippen LogP contribution in [-0.4, -0.2) is 24.6 Å². The average Bonchev–Trinajstić information content (AvgIpc) is 2.42. The summed E-state index contributed by atoms with van der Waals surface area (Å²) in [5.74, 6) is -1.80. The van der Waals surface area contributed by atoms with E-state index in [1.54, 1.807) is 0 Å². The zero-order valence-electron chi connectivity index (χ0n) is 13.3. The van der Waals surface area contributed by atoms with Gasteiger partial charge in [-0.2, -0.15) is 0 Å². The van der Waals surface area contributed by atoms with Crippen molar-refractivity contribution in [1.82, 2.24) is 0 Å². The van der Waals surface area contributed by atoms with Crippen LogP contribution in [0.4, 0.5) is 0 Å². The van der Waals surface area contributed by atoms with Crippen molar-refractivity contribution in [3.63, 3.8) is 0 Å². The van der Waals surface area contributed by atoms with Crippen molar-refractivity contribution in [3.05, 3.63) is 0 Å². The quantitative estimate of drug-likeness (QED) is 0.271. The van der Waals surface area contributed by atoms with E-state index in [2.05, 4.69) is 27.7 Å². The second-order valence-electron chi connectivity index (χ2n) is 5.97. The van der Waals surface area contributed by atoms with Crippen LogP contribution in [0.1, 0.15) is 79.1 Å². The van der Waals surface area contributed by atoms with Gasteiger partial charge < -0.3 is 0 Å². The topological polar surface area (TPSA) is 0 Å². The molecule has 112 valence electrons. The van der Waals surface area contributed by atoms with Gasteiger partial charge in [0.25, 0.3) is 0 Å². The molecule has 0 aromatic carbocycles. The molecule has 0 saturated carbocycles. The van der Waals surface area contributed by atoms with Crippen molar-refractivity contribution in [2.24, 2.45) is 0 Å². The second-order valence-corrected chi connectivity index (χ2v) is 14.8. The van der Waals surface area contributed by atoms with Crippen molar-refractivity contribution in [1.29, 1.82) is 0 Å². The van der Waals surface area contributed by atoms with Crippen LogP contribution in [0.15, 0.2) is 0 Å². The zero-order chi connectivity index (χ0) is 13.9. The number of hydrogen-bond donors (Lipinski definition) is 0. The molecule has 0 aliphatic heterocycles. The molecular weight excluding hydrogens is 259 g/mol. The summed E-state index contributed by atoms with van der Waals surface area (Å²) >= 11 is 7.06. The minimum atomic E-state index is -1.80. The van der Waals surface area contributed by atoms with E-state index in [1.165, 1.54) is 76.0 Å². The predicted molar refractivity (Wildman–Crippen MR) is 91.9 cm³/mol. The van der Waals surface area contributed by atoms with Gasteiger partial charge >= 0.3 is 121 Å². The minimum absolute atomic E-state index is 1.23. The van der Waals surface area contributed by atoms with E-state index in [0.29, 0.717) is 0 Å². The summed E-state index contributed by atoms with van der Waals surface area (Å²) in [4.78, 5) is 0. The van der Waals surface area contributed by atoms with Crippen molar-refractivity contribution in [3.8, 4) is 0 Å². The first kappa shape index (κ1) is 18.7. The Balaban J connectivity index is 3.69. The molecule has 2 heteroatoms. The monoisotopic (exact) mass is 294 g/mol. The molecule has 0 bridgehead atoms. The summed E-state index contributed by atoms with van der Waals surface area (Å²) in [6.07, 6.45) is 16.3. The first-order valence-electron chi connectivity index (χ1n) is 8.26. The number of unbranched alkanes of at least 4 members (excludes halogenated alkanes) is 7. The van der Waals surface area contributed by atoms with E-state index < -0.39 is 5.96 Å². The fraction of sp³-hybridized carbons (Fsp3) is 1.00. The van der Waals surface area contributed by atoms with Gasteiger partial charge in [-0.05, 0) is 0 Å². The molecule has 0 rings (SSSR count). The Morgan fingerprint density at radius 2 is 1.00 bits per heavy atom. The van der Waals surface area contributed by atoms with Crippen molar-refractivity contribution in [2.45, 2.75) is 79.1 Å². The summed E-state index contributed by atoms with van der Waals surface area (Å²) in [5.41, 5.74) is 0. The SMILES string of the molecule is CCCCCCCCCCP(Cl)(CC)(CC)CC. The Hall–Kier alpha value is 0.720. The van der Waals surface area contributed by atoms with Crippen molar-refractivity contribution < 1.29 is 0 Å². The average molecular weight is 295 g/mol. The molecule has 0 nitrogen and oxygen atoms in total. The Morgan fingerprint density at radius 1 is 0.611 bits per heavy atom. The molecule has 0 atom stereocenters. The van der Waals surface area contributed by atoms with E-state index in [9.17, 15) is 0 Å². The number of rotatable bonds is 12. The molecule has 0 radical (unpaired) electrons. The molecule has 0 spiro atoms. The van der Waals surface area contributed by atoms with Gasteiger partial charge in [-0.3, -0.25) is 0 Å². The molecular formula is C16H36ClP. The Bertz CT molecular complexity index is 188. The van der Waals surface area contributed by atoms with E-state index in [1.807, 2.05) is 0 Å². The summed E-state index contributed by atoms with van der Waals surface area (Å²) in [5, 5.41) is 0. The summed E-state index contributed by atoms with van der Waals surface area (Å²) in [6, 6.07) is 0. The van der Waals surface area contributed by atoms with Gasteiger partial charge in [0.2, 0.25) is 0 Å². The van der Waals surface area contributed by atoms with Crippen LogP contribution in [0.2, 0.25) is 0 Å². The van der Waals surface area contributed by atoms with E-state index >= 15 is 0 Å². The van der Waals surface area contributed by atoms with Crippen LogP contribution < -0.4 is 0 Å². The van der Waals surface area contributed by atoms with E-state index in [0.717, 1.165) is 0 Å². The fourth-order valence-electron chi connectivity index (χ4n) is 2.79. The van der Waals surface area contributed by atoms with Gasteiger partial charge in [0.15, 0.2) is 0 Å². The maximum absolute atomic E-state index is 7.06.